The van der Waals surface area contributed by atoms with Gasteiger partial charge in [0.25, 0.3) is 0 Å². The molecule has 3 aliphatic rings. The number of carbonyl (C=O) groups is 3. The van der Waals surface area contributed by atoms with Gasteiger partial charge in [0, 0.05) is 43.2 Å². The summed E-state index contributed by atoms with van der Waals surface area (Å²) in [5.41, 5.74) is 0.882. The molecule has 3 aliphatic heterocycles. The van der Waals surface area contributed by atoms with Crippen LogP contribution in [-0.4, -0.2) is 52.8 Å². The maximum absolute atomic E-state index is 12.9. The molecule has 0 spiro atoms. The Morgan fingerprint density at radius 3 is 2.84 bits per heavy atom. The number of nitrogens with one attached hydrogen (secondary N) is 3. The fraction of sp³-hybridized carbons (Fsp3) is 0.389. The number of benzene rings is 1. The Labute approximate surface area is 143 Å². The summed E-state index contributed by atoms with van der Waals surface area (Å²) in [5.74, 6) is -1.77. The van der Waals surface area contributed by atoms with E-state index in [4.69, 9.17) is 0 Å². The van der Waals surface area contributed by atoms with E-state index < -0.39 is 17.4 Å². The van der Waals surface area contributed by atoms with Gasteiger partial charge < -0.3 is 10.3 Å². The zero-order valence-electron chi connectivity index (χ0n) is 13.7. The van der Waals surface area contributed by atoms with Crippen LogP contribution < -0.4 is 10.6 Å². The standard InChI is InChI=1S/C18H18N4O3/c1-22-15(23)13-12-8-20-17(25)18(21-12,14(13)16(22)24)6-9-7-19-11-5-3-2-4-10(9)11/h2-5,7,12-14,19,21H,6,8H2,1H3,(H,20,25)/t12-,13+,14-,18-/m0/s1. The summed E-state index contributed by atoms with van der Waals surface area (Å²) in [6, 6.07) is 7.67. The third-order valence-electron chi connectivity index (χ3n) is 6.01. The molecule has 0 unspecified atom stereocenters. The number of fused-ring (bicyclic) bond motifs is 6. The molecular formula is C18H18N4O3. The Morgan fingerprint density at radius 2 is 2.00 bits per heavy atom. The Hall–Kier alpha value is -2.67. The summed E-state index contributed by atoms with van der Waals surface area (Å²) in [4.78, 5) is 42.6. The minimum absolute atomic E-state index is 0.190. The number of hydrogen-bond acceptors (Lipinski definition) is 4. The Kier molecular flexibility index (Phi) is 2.75. The van der Waals surface area contributed by atoms with Crippen molar-refractivity contribution in [3.8, 4) is 0 Å². The largest absolute Gasteiger partial charge is 0.361 e. The number of amides is 3. The molecule has 2 aromatic rings. The molecule has 0 aliphatic carbocycles. The van der Waals surface area contributed by atoms with E-state index >= 15 is 0 Å². The fourth-order valence-corrected chi connectivity index (χ4v) is 4.83. The van der Waals surface area contributed by atoms with Crippen molar-refractivity contribution in [2.24, 2.45) is 11.8 Å². The van der Waals surface area contributed by atoms with E-state index in [1.54, 1.807) is 0 Å². The van der Waals surface area contributed by atoms with Crippen molar-refractivity contribution >= 4 is 28.6 Å². The van der Waals surface area contributed by atoms with Crippen LogP contribution in [0.5, 0.6) is 0 Å². The molecule has 25 heavy (non-hydrogen) atoms. The molecule has 128 valence electrons. The molecule has 5 rings (SSSR count). The predicted octanol–water partition coefficient (Wildman–Crippen LogP) is -0.218. The summed E-state index contributed by atoms with van der Waals surface area (Å²) in [7, 11) is 1.51. The lowest BCUT2D eigenvalue weighted by molar-refractivity contribution is -0.143. The van der Waals surface area contributed by atoms with Gasteiger partial charge in [-0.2, -0.15) is 0 Å². The summed E-state index contributed by atoms with van der Waals surface area (Å²) in [6.07, 6.45) is 2.25. The minimum Gasteiger partial charge on any atom is -0.361 e. The third-order valence-corrected chi connectivity index (χ3v) is 6.01. The molecule has 3 N–H and O–H groups in total. The first-order valence-corrected chi connectivity index (χ1v) is 8.45. The monoisotopic (exact) mass is 338 g/mol. The van der Waals surface area contributed by atoms with Crippen LogP contribution in [0.15, 0.2) is 30.5 Å². The first-order chi connectivity index (χ1) is 12.0. The van der Waals surface area contributed by atoms with Crippen molar-refractivity contribution < 1.29 is 14.4 Å². The molecule has 4 heterocycles. The van der Waals surface area contributed by atoms with Crippen LogP contribution in [0.3, 0.4) is 0 Å². The fourth-order valence-electron chi connectivity index (χ4n) is 4.83. The van der Waals surface area contributed by atoms with Crippen molar-refractivity contribution in [1.82, 2.24) is 20.5 Å². The number of H-pyrrole nitrogens is 1. The van der Waals surface area contributed by atoms with Gasteiger partial charge in [0.05, 0.1) is 11.8 Å². The number of piperazine rings is 1. The number of hydrogen-bond donors (Lipinski definition) is 3. The summed E-state index contributed by atoms with van der Waals surface area (Å²) >= 11 is 0. The van der Waals surface area contributed by atoms with Gasteiger partial charge in [-0.05, 0) is 11.6 Å². The van der Waals surface area contributed by atoms with Gasteiger partial charge in [-0.15, -0.1) is 0 Å². The molecule has 3 saturated heterocycles. The molecular weight excluding hydrogens is 320 g/mol. The zero-order chi connectivity index (χ0) is 17.3. The maximum atomic E-state index is 12.9. The van der Waals surface area contributed by atoms with Crippen molar-refractivity contribution in [2.75, 3.05) is 13.6 Å². The lowest BCUT2D eigenvalue weighted by Gasteiger charge is -2.36. The first-order valence-electron chi connectivity index (χ1n) is 8.45. The first kappa shape index (κ1) is 14.7. The molecule has 7 nitrogen and oxygen atoms in total. The van der Waals surface area contributed by atoms with Gasteiger partial charge in [-0.1, -0.05) is 18.2 Å². The Bertz CT molecular complexity index is 935. The predicted molar refractivity (Wildman–Crippen MR) is 89.4 cm³/mol. The van der Waals surface area contributed by atoms with Crippen LogP contribution in [0.2, 0.25) is 0 Å². The van der Waals surface area contributed by atoms with Crippen LogP contribution in [0, 0.1) is 11.8 Å². The van der Waals surface area contributed by atoms with E-state index in [1.807, 2.05) is 30.5 Å². The van der Waals surface area contributed by atoms with E-state index in [0.29, 0.717) is 13.0 Å². The van der Waals surface area contributed by atoms with Crippen molar-refractivity contribution in [1.29, 1.82) is 0 Å². The Balaban J connectivity index is 1.63. The van der Waals surface area contributed by atoms with Gasteiger partial charge >= 0.3 is 0 Å². The van der Waals surface area contributed by atoms with E-state index in [2.05, 4.69) is 15.6 Å². The molecule has 2 bridgehead atoms. The van der Waals surface area contributed by atoms with Crippen LogP contribution in [-0.2, 0) is 20.8 Å². The number of rotatable bonds is 2. The van der Waals surface area contributed by atoms with E-state index in [-0.39, 0.29) is 23.8 Å². The van der Waals surface area contributed by atoms with Gasteiger partial charge in [0.1, 0.15) is 5.54 Å². The van der Waals surface area contributed by atoms with Crippen molar-refractivity contribution in [3.63, 3.8) is 0 Å². The molecule has 0 saturated carbocycles. The second kappa shape index (κ2) is 4.70. The minimum atomic E-state index is -1.07. The normalized spacial score (nSPS) is 33.9. The topological polar surface area (TPSA) is 94.3 Å². The lowest BCUT2D eigenvalue weighted by atomic mass is 9.76. The van der Waals surface area contributed by atoms with E-state index in [1.165, 1.54) is 11.9 Å². The molecule has 1 aromatic carbocycles. The highest BCUT2D eigenvalue weighted by atomic mass is 16.2. The van der Waals surface area contributed by atoms with Gasteiger partial charge in [0.15, 0.2) is 0 Å². The number of likely N-dealkylation sites (tertiary alicyclic amines) is 1. The van der Waals surface area contributed by atoms with Crippen molar-refractivity contribution in [2.45, 2.75) is 18.0 Å². The summed E-state index contributed by atoms with van der Waals surface area (Å²) in [5, 5.41) is 7.27. The molecule has 3 amide bonds. The van der Waals surface area contributed by atoms with E-state index in [0.717, 1.165) is 16.5 Å². The number of para-hydroxylation sites is 1. The van der Waals surface area contributed by atoms with Crippen LogP contribution in [0.1, 0.15) is 5.56 Å². The lowest BCUT2D eigenvalue weighted by Crippen LogP contribution is -2.66. The second-order valence-corrected chi connectivity index (χ2v) is 7.21. The molecule has 7 heteroatoms. The quantitative estimate of drug-likeness (QED) is 0.660. The van der Waals surface area contributed by atoms with Crippen molar-refractivity contribution in [3.05, 3.63) is 36.0 Å². The number of aromatic amines is 1. The summed E-state index contributed by atoms with van der Waals surface area (Å²) in [6.45, 7) is 0.377. The highest BCUT2D eigenvalue weighted by Crippen LogP contribution is 2.46. The smallest absolute Gasteiger partial charge is 0.241 e. The molecule has 0 radical (unpaired) electrons. The van der Waals surface area contributed by atoms with Crippen LogP contribution >= 0.6 is 0 Å². The average molecular weight is 338 g/mol. The highest BCUT2D eigenvalue weighted by molar-refractivity contribution is 6.10. The number of aromatic nitrogens is 1. The van der Waals surface area contributed by atoms with Gasteiger partial charge in [-0.25, -0.2) is 0 Å². The van der Waals surface area contributed by atoms with Gasteiger partial charge in [0.2, 0.25) is 17.7 Å². The van der Waals surface area contributed by atoms with Gasteiger partial charge in [-0.3, -0.25) is 24.6 Å². The highest BCUT2D eigenvalue weighted by Gasteiger charge is 2.68. The number of nitrogens with zero attached hydrogens (tertiary/aromatic N) is 1. The number of carbonyl (C=O) groups excluding carboxylic acids is 3. The molecule has 3 fully saturated rings. The number of imide groups is 1. The molecule has 4 atom stereocenters. The average Bonchev–Trinajstić information content (AvgIpc) is 3.21. The SMILES string of the molecule is CN1C(=O)[C@@H]2[C@@H]3CNC(=O)[C@@](Cc4c[nH]c5ccccc45)(N3)[C@@H]2C1=O. The third kappa shape index (κ3) is 1.71. The van der Waals surface area contributed by atoms with Crippen LogP contribution in [0.4, 0.5) is 0 Å². The maximum Gasteiger partial charge on any atom is 0.241 e. The summed E-state index contributed by atoms with van der Waals surface area (Å²) < 4.78 is 0. The zero-order valence-corrected chi connectivity index (χ0v) is 13.7. The van der Waals surface area contributed by atoms with Crippen LogP contribution in [0.25, 0.3) is 10.9 Å². The van der Waals surface area contributed by atoms with E-state index in [9.17, 15) is 14.4 Å². The molecule has 1 aromatic heterocycles. The second-order valence-electron chi connectivity index (χ2n) is 7.21. The Morgan fingerprint density at radius 1 is 1.20 bits per heavy atom.